The van der Waals surface area contributed by atoms with Gasteiger partial charge in [0.15, 0.2) is 0 Å². The lowest BCUT2D eigenvalue weighted by molar-refractivity contribution is -0.129. The van der Waals surface area contributed by atoms with Gasteiger partial charge in [-0.25, -0.2) is 0 Å². The van der Waals surface area contributed by atoms with Gasteiger partial charge < -0.3 is 11.1 Å². The molecule has 0 fully saturated rings. The number of nitrogens with one attached hydrogen (secondary N) is 1. The van der Waals surface area contributed by atoms with Gasteiger partial charge in [-0.05, 0) is 31.8 Å². The Hall–Kier alpha value is -0.970. The Bertz CT molecular complexity index is 280. The van der Waals surface area contributed by atoms with Crippen LogP contribution < -0.4 is 11.1 Å². The van der Waals surface area contributed by atoms with Gasteiger partial charge in [0.25, 0.3) is 0 Å². The Morgan fingerprint density at radius 2 is 2.12 bits per heavy atom. The van der Waals surface area contributed by atoms with Gasteiger partial charge in [-0.15, -0.1) is 0 Å². The highest BCUT2D eigenvalue weighted by atomic mass is 32.2. The quantitative estimate of drug-likeness (QED) is 0.645. The molecule has 0 rings (SSSR count). The summed E-state index contributed by atoms with van der Waals surface area (Å²) in [5.41, 5.74) is 5.25. The topological polar surface area (TPSA) is 72.2 Å². The Kier molecular flexibility index (Phi) is 8.58. The molecular formula is C12H22N2O2S. The summed E-state index contributed by atoms with van der Waals surface area (Å²) in [4.78, 5) is 22.9. The average Bonchev–Trinajstić information content (AvgIpc) is 2.30. The van der Waals surface area contributed by atoms with Gasteiger partial charge in [0, 0.05) is 5.92 Å². The minimum Gasteiger partial charge on any atom is -0.368 e. The van der Waals surface area contributed by atoms with Crippen molar-refractivity contribution >= 4 is 23.6 Å². The SMILES string of the molecule is C/C=C/CC(C)C(=O)N[C@@H](CCSC)C(N)=O. The number of hydrogen-bond acceptors (Lipinski definition) is 3. The smallest absolute Gasteiger partial charge is 0.240 e. The molecule has 2 amide bonds. The second kappa shape index (κ2) is 9.10. The van der Waals surface area contributed by atoms with E-state index in [1.165, 1.54) is 0 Å². The van der Waals surface area contributed by atoms with E-state index >= 15 is 0 Å². The van der Waals surface area contributed by atoms with Crippen LogP contribution in [0.15, 0.2) is 12.2 Å². The first-order valence-electron chi connectivity index (χ1n) is 5.72. The Balaban J connectivity index is 4.24. The van der Waals surface area contributed by atoms with Crippen LogP contribution in [0.25, 0.3) is 0 Å². The van der Waals surface area contributed by atoms with Crippen molar-refractivity contribution in [2.45, 2.75) is 32.7 Å². The number of thioether (sulfide) groups is 1. The summed E-state index contributed by atoms with van der Waals surface area (Å²) in [6.45, 7) is 3.75. The lowest BCUT2D eigenvalue weighted by atomic mass is 10.1. The van der Waals surface area contributed by atoms with E-state index in [-0.39, 0.29) is 11.8 Å². The maximum absolute atomic E-state index is 11.8. The van der Waals surface area contributed by atoms with Crippen LogP contribution in [0.1, 0.15) is 26.7 Å². The van der Waals surface area contributed by atoms with Crippen LogP contribution in [-0.4, -0.2) is 29.9 Å². The zero-order valence-corrected chi connectivity index (χ0v) is 11.5. The second-order valence-corrected chi connectivity index (χ2v) is 4.94. The molecule has 1 unspecified atom stereocenters. The summed E-state index contributed by atoms with van der Waals surface area (Å²) in [6, 6.07) is -0.553. The molecule has 0 radical (unpaired) electrons. The van der Waals surface area contributed by atoms with E-state index in [0.717, 1.165) is 5.75 Å². The Labute approximate surface area is 107 Å². The van der Waals surface area contributed by atoms with Crippen LogP contribution in [0.4, 0.5) is 0 Å². The monoisotopic (exact) mass is 258 g/mol. The molecule has 0 aliphatic carbocycles. The molecule has 0 saturated heterocycles. The number of primary amides is 1. The highest BCUT2D eigenvalue weighted by Gasteiger charge is 2.20. The van der Waals surface area contributed by atoms with Crippen LogP contribution in [0.2, 0.25) is 0 Å². The minimum absolute atomic E-state index is 0.118. The third kappa shape index (κ3) is 7.05. The normalized spacial score (nSPS) is 14.5. The second-order valence-electron chi connectivity index (χ2n) is 3.95. The predicted octanol–water partition coefficient (Wildman–Crippen LogP) is 1.31. The molecule has 0 bridgehead atoms. The first-order valence-corrected chi connectivity index (χ1v) is 7.12. The van der Waals surface area contributed by atoms with Crippen molar-refractivity contribution in [1.82, 2.24) is 5.32 Å². The van der Waals surface area contributed by atoms with Gasteiger partial charge >= 0.3 is 0 Å². The van der Waals surface area contributed by atoms with E-state index in [2.05, 4.69) is 5.32 Å². The fraction of sp³-hybridized carbons (Fsp3) is 0.667. The van der Waals surface area contributed by atoms with Crippen LogP contribution >= 0.6 is 11.8 Å². The van der Waals surface area contributed by atoms with Crippen molar-refractivity contribution in [3.05, 3.63) is 12.2 Å². The van der Waals surface area contributed by atoms with Gasteiger partial charge in [-0.3, -0.25) is 9.59 Å². The molecule has 0 saturated carbocycles. The maximum Gasteiger partial charge on any atom is 0.240 e. The van der Waals surface area contributed by atoms with Gasteiger partial charge in [0.1, 0.15) is 6.04 Å². The van der Waals surface area contributed by atoms with E-state index in [9.17, 15) is 9.59 Å². The van der Waals surface area contributed by atoms with E-state index in [4.69, 9.17) is 5.73 Å². The summed E-state index contributed by atoms with van der Waals surface area (Å²) >= 11 is 1.63. The van der Waals surface area contributed by atoms with Crippen LogP contribution in [0, 0.1) is 5.92 Å². The number of carbonyl (C=O) groups excluding carboxylic acids is 2. The highest BCUT2D eigenvalue weighted by molar-refractivity contribution is 7.98. The zero-order valence-electron chi connectivity index (χ0n) is 10.7. The Morgan fingerprint density at radius 3 is 2.59 bits per heavy atom. The van der Waals surface area contributed by atoms with E-state index in [0.29, 0.717) is 12.8 Å². The summed E-state index contributed by atoms with van der Waals surface area (Å²) in [6.07, 6.45) is 7.05. The molecule has 0 aromatic heterocycles. The number of rotatable bonds is 8. The van der Waals surface area contributed by atoms with Crippen molar-refractivity contribution in [2.75, 3.05) is 12.0 Å². The van der Waals surface area contributed by atoms with E-state index in [1.54, 1.807) is 11.8 Å². The van der Waals surface area contributed by atoms with Gasteiger partial charge in [0.05, 0.1) is 0 Å². The standard InChI is InChI=1S/C12H22N2O2S/c1-4-5-6-9(2)12(16)14-10(11(13)15)7-8-17-3/h4-5,9-10H,6-8H2,1-3H3,(H2,13,15)(H,14,16)/b5-4+/t9?,10-/m0/s1. The fourth-order valence-electron chi connectivity index (χ4n) is 1.28. The Morgan fingerprint density at radius 1 is 1.47 bits per heavy atom. The molecule has 2 atom stereocenters. The average molecular weight is 258 g/mol. The lowest BCUT2D eigenvalue weighted by Gasteiger charge is -2.17. The van der Waals surface area contributed by atoms with Gasteiger partial charge in [-0.2, -0.15) is 11.8 Å². The molecule has 0 aliphatic heterocycles. The number of carbonyl (C=O) groups is 2. The van der Waals surface area contributed by atoms with Crippen molar-refractivity contribution in [3.8, 4) is 0 Å². The van der Waals surface area contributed by atoms with Crippen molar-refractivity contribution < 1.29 is 9.59 Å². The minimum atomic E-state index is -0.553. The molecule has 0 heterocycles. The molecule has 0 aromatic rings. The largest absolute Gasteiger partial charge is 0.368 e. The predicted molar refractivity (Wildman–Crippen MR) is 72.7 cm³/mol. The summed E-state index contributed by atoms with van der Waals surface area (Å²) in [5.74, 6) is 0.0814. The molecule has 0 aromatic carbocycles. The third-order valence-electron chi connectivity index (χ3n) is 2.44. The molecule has 0 spiro atoms. The van der Waals surface area contributed by atoms with E-state index < -0.39 is 11.9 Å². The van der Waals surface area contributed by atoms with Crippen molar-refractivity contribution in [3.63, 3.8) is 0 Å². The van der Waals surface area contributed by atoms with Crippen LogP contribution in [-0.2, 0) is 9.59 Å². The lowest BCUT2D eigenvalue weighted by Crippen LogP contribution is -2.46. The number of amides is 2. The first-order chi connectivity index (χ1) is 8.02. The highest BCUT2D eigenvalue weighted by Crippen LogP contribution is 2.06. The molecule has 4 nitrogen and oxygen atoms in total. The number of nitrogens with two attached hydrogens (primary N) is 1. The molecule has 17 heavy (non-hydrogen) atoms. The third-order valence-corrected chi connectivity index (χ3v) is 3.09. The first kappa shape index (κ1) is 16.0. The van der Waals surface area contributed by atoms with Gasteiger partial charge in [-0.1, -0.05) is 19.1 Å². The molecule has 0 aliphatic rings. The molecule has 5 heteroatoms. The van der Waals surface area contributed by atoms with Crippen molar-refractivity contribution in [1.29, 1.82) is 0 Å². The summed E-state index contributed by atoms with van der Waals surface area (Å²) in [7, 11) is 0. The molecule has 3 N–H and O–H groups in total. The number of hydrogen-bond donors (Lipinski definition) is 2. The maximum atomic E-state index is 11.8. The summed E-state index contributed by atoms with van der Waals surface area (Å²) < 4.78 is 0. The van der Waals surface area contributed by atoms with Crippen LogP contribution in [0.5, 0.6) is 0 Å². The molecule has 98 valence electrons. The number of allylic oxidation sites excluding steroid dienone is 2. The fourth-order valence-corrected chi connectivity index (χ4v) is 1.75. The van der Waals surface area contributed by atoms with Gasteiger partial charge in [0.2, 0.25) is 11.8 Å². The van der Waals surface area contributed by atoms with Crippen LogP contribution in [0.3, 0.4) is 0 Å². The molecular weight excluding hydrogens is 236 g/mol. The van der Waals surface area contributed by atoms with Crippen molar-refractivity contribution in [2.24, 2.45) is 11.7 Å². The van der Waals surface area contributed by atoms with E-state index in [1.807, 2.05) is 32.3 Å². The summed E-state index contributed by atoms with van der Waals surface area (Å²) in [5, 5.41) is 2.70. The zero-order chi connectivity index (χ0) is 13.3.